The first-order valence-corrected chi connectivity index (χ1v) is 9.39. The molecule has 0 aromatic heterocycles. The highest BCUT2D eigenvalue weighted by molar-refractivity contribution is 4.85. The zero-order valence-electron chi connectivity index (χ0n) is 14.6. The van der Waals surface area contributed by atoms with Gasteiger partial charge in [-0.2, -0.15) is 0 Å². The quantitative estimate of drug-likeness (QED) is 0.435. The van der Waals surface area contributed by atoms with Crippen molar-refractivity contribution in [1.82, 2.24) is 0 Å². The van der Waals surface area contributed by atoms with Crippen molar-refractivity contribution in [3.63, 3.8) is 0 Å². The lowest BCUT2D eigenvalue weighted by Crippen LogP contribution is -2.39. The molecule has 2 saturated carbocycles. The molecule has 0 heterocycles. The Labute approximate surface area is 136 Å². The van der Waals surface area contributed by atoms with E-state index in [0.29, 0.717) is 0 Å². The van der Waals surface area contributed by atoms with Gasteiger partial charge in [-0.3, -0.25) is 4.39 Å². The van der Waals surface area contributed by atoms with Gasteiger partial charge in [-0.05, 0) is 49.9 Å². The van der Waals surface area contributed by atoms with E-state index in [9.17, 15) is 4.39 Å². The van der Waals surface area contributed by atoms with E-state index in [0.717, 1.165) is 43.4 Å². The predicted octanol–water partition coefficient (Wildman–Crippen LogP) is 5.50. The molecular weight excluding hydrogens is 279 g/mol. The van der Waals surface area contributed by atoms with E-state index < -0.39 is 0 Å². The Morgan fingerprint density at radius 2 is 1.41 bits per heavy atom. The number of rotatable bonds is 8. The van der Waals surface area contributed by atoms with Crippen LogP contribution < -0.4 is 0 Å². The van der Waals surface area contributed by atoms with Gasteiger partial charge < -0.3 is 9.47 Å². The fourth-order valence-electron chi connectivity index (χ4n) is 4.70. The fourth-order valence-corrected chi connectivity index (χ4v) is 4.70. The molecule has 0 aliphatic heterocycles. The van der Waals surface area contributed by atoms with Gasteiger partial charge in [-0.1, -0.05) is 32.1 Å². The van der Waals surface area contributed by atoms with E-state index in [1.165, 1.54) is 51.4 Å². The highest BCUT2D eigenvalue weighted by atomic mass is 19.1. The SMILES string of the molecule is COC1(OC)CCC(C2CCC(CCCCCF)CC2)CC1. The molecule has 0 saturated heterocycles. The van der Waals surface area contributed by atoms with Crippen LogP contribution in [0, 0.1) is 17.8 Å². The molecule has 2 aliphatic carbocycles. The van der Waals surface area contributed by atoms with Crippen molar-refractivity contribution in [3.8, 4) is 0 Å². The summed E-state index contributed by atoms with van der Waals surface area (Å²) in [6.45, 7) is -0.140. The Balaban J connectivity index is 1.65. The van der Waals surface area contributed by atoms with Gasteiger partial charge in [-0.15, -0.1) is 0 Å². The molecule has 0 amide bonds. The van der Waals surface area contributed by atoms with Crippen molar-refractivity contribution in [2.45, 2.75) is 82.8 Å². The zero-order chi connectivity index (χ0) is 15.8. The van der Waals surface area contributed by atoms with E-state index in [2.05, 4.69) is 0 Å². The van der Waals surface area contributed by atoms with Crippen LogP contribution in [-0.4, -0.2) is 26.7 Å². The number of hydrogen-bond acceptors (Lipinski definition) is 2. The molecule has 22 heavy (non-hydrogen) atoms. The molecule has 0 spiro atoms. The van der Waals surface area contributed by atoms with E-state index in [1.807, 2.05) is 0 Å². The minimum Gasteiger partial charge on any atom is -0.353 e. The predicted molar refractivity (Wildman–Crippen MR) is 88.6 cm³/mol. The molecule has 0 atom stereocenters. The van der Waals surface area contributed by atoms with Gasteiger partial charge in [0.25, 0.3) is 0 Å². The molecule has 2 rings (SSSR count). The van der Waals surface area contributed by atoms with E-state index in [-0.39, 0.29) is 12.5 Å². The average molecular weight is 314 g/mol. The number of halogens is 1. The second kappa shape index (κ2) is 9.22. The first-order valence-electron chi connectivity index (χ1n) is 9.39. The monoisotopic (exact) mass is 314 g/mol. The molecule has 2 fully saturated rings. The van der Waals surface area contributed by atoms with Gasteiger partial charge in [0.1, 0.15) is 0 Å². The van der Waals surface area contributed by atoms with Crippen molar-refractivity contribution in [3.05, 3.63) is 0 Å². The van der Waals surface area contributed by atoms with Crippen LogP contribution in [-0.2, 0) is 9.47 Å². The van der Waals surface area contributed by atoms with Crippen LogP contribution in [0.15, 0.2) is 0 Å². The Morgan fingerprint density at radius 3 is 1.95 bits per heavy atom. The molecule has 2 nitrogen and oxygen atoms in total. The molecule has 0 bridgehead atoms. The largest absolute Gasteiger partial charge is 0.353 e. The van der Waals surface area contributed by atoms with Crippen molar-refractivity contribution in [1.29, 1.82) is 0 Å². The first kappa shape index (κ1) is 18.2. The molecule has 130 valence electrons. The molecule has 0 N–H and O–H groups in total. The summed E-state index contributed by atoms with van der Waals surface area (Å²) in [5.41, 5.74) is 0. The molecular formula is C19H35FO2. The summed E-state index contributed by atoms with van der Waals surface area (Å²) in [6.07, 6.45) is 14.6. The van der Waals surface area contributed by atoms with E-state index in [4.69, 9.17) is 9.47 Å². The second-order valence-electron chi connectivity index (χ2n) is 7.48. The van der Waals surface area contributed by atoms with Crippen molar-refractivity contribution in [2.75, 3.05) is 20.9 Å². The third kappa shape index (κ3) is 4.92. The van der Waals surface area contributed by atoms with Gasteiger partial charge in [0.2, 0.25) is 0 Å². The lowest BCUT2D eigenvalue weighted by atomic mass is 9.69. The fraction of sp³-hybridized carbons (Fsp3) is 1.00. The summed E-state index contributed by atoms with van der Waals surface area (Å²) in [5, 5.41) is 0. The summed E-state index contributed by atoms with van der Waals surface area (Å²) >= 11 is 0. The molecule has 0 aromatic rings. The number of hydrogen-bond donors (Lipinski definition) is 0. The molecule has 3 heteroatoms. The number of alkyl halides is 1. The minimum absolute atomic E-state index is 0.140. The summed E-state index contributed by atoms with van der Waals surface area (Å²) in [7, 11) is 3.55. The van der Waals surface area contributed by atoms with Crippen LogP contribution in [0.25, 0.3) is 0 Å². The van der Waals surface area contributed by atoms with Crippen molar-refractivity contribution in [2.24, 2.45) is 17.8 Å². The van der Waals surface area contributed by atoms with Gasteiger partial charge in [0.05, 0.1) is 6.67 Å². The number of unbranched alkanes of at least 4 members (excludes halogenated alkanes) is 2. The standard InChI is InChI=1S/C19H35FO2/c1-21-19(22-2)13-11-18(12-14-19)17-9-7-16(8-10-17)6-4-3-5-15-20/h16-18H,3-15H2,1-2H3. The van der Waals surface area contributed by atoms with Gasteiger partial charge in [0.15, 0.2) is 5.79 Å². The van der Waals surface area contributed by atoms with E-state index in [1.54, 1.807) is 14.2 Å². The number of methoxy groups -OCH3 is 2. The van der Waals surface area contributed by atoms with Gasteiger partial charge in [-0.25, -0.2) is 0 Å². The normalized spacial score (nSPS) is 29.6. The smallest absolute Gasteiger partial charge is 0.167 e. The average Bonchev–Trinajstić information content (AvgIpc) is 2.59. The van der Waals surface area contributed by atoms with Gasteiger partial charge >= 0.3 is 0 Å². The summed E-state index contributed by atoms with van der Waals surface area (Å²) in [6, 6.07) is 0. The molecule has 0 radical (unpaired) electrons. The van der Waals surface area contributed by atoms with Gasteiger partial charge in [0, 0.05) is 27.1 Å². The van der Waals surface area contributed by atoms with Crippen molar-refractivity contribution >= 4 is 0 Å². The lowest BCUT2D eigenvalue weighted by molar-refractivity contribution is -0.229. The Morgan fingerprint density at radius 1 is 0.818 bits per heavy atom. The number of ether oxygens (including phenoxy) is 2. The first-order chi connectivity index (χ1) is 10.7. The van der Waals surface area contributed by atoms with Crippen LogP contribution in [0.1, 0.15) is 77.0 Å². The Hall–Kier alpha value is -0.150. The lowest BCUT2D eigenvalue weighted by Gasteiger charge is -2.42. The maximum Gasteiger partial charge on any atom is 0.167 e. The maximum absolute atomic E-state index is 12.1. The maximum atomic E-state index is 12.1. The van der Waals surface area contributed by atoms with Crippen LogP contribution in [0.3, 0.4) is 0 Å². The zero-order valence-corrected chi connectivity index (χ0v) is 14.6. The molecule has 0 aromatic carbocycles. The molecule has 2 aliphatic rings. The van der Waals surface area contributed by atoms with Crippen LogP contribution >= 0.6 is 0 Å². The van der Waals surface area contributed by atoms with Crippen LogP contribution in [0.4, 0.5) is 4.39 Å². The Kier molecular flexibility index (Phi) is 7.62. The van der Waals surface area contributed by atoms with E-state index >= 15 is 0 Å². The highest BCUT2D eigenvalue weighted by Gasteiger charge is 2.38. The highest BCUT2D eigenvalue weighted by Crippen LogP contribution is 2.44. The summed E-state index contributed by atoms with van der Waals surface area (Å²) < 4.78 is 23.3. The van der Waals surface area contributed by atoms with Crippen LogP contribution in [0.2, 0.25) is 0 Å². The second-order valence-corrected chi connectivity index (χ2v) is 7.48. The topological polar surface area (TPSA) is 18.5 Å². The summed E-state index contributed by atoms with van der Waals surface area (Å²) in [4.78, 5) is 0. The van der Waals surface area contributed by atoms with Crippen LogP contribution in [0.5, 0.6) is 0 Å². The Bertz CT molecular complexity index is 286. The summed E-state index contributed by atoms with van der Waals surface area (Å²) in [5.74, 6) is 2.42. The minimum atomic E-state index is -0.301. The van der Waals surface area contributed by atoms with Crippen molar-refractivity contribution < 1.29 is 13.9 Å². The third-order valence-electron chi connectivity index (χ3n) is 6.34. The third-order valence-corrected chi connectivity index (χ3v) is 6.34. The molecule has 0 unspecified atom stereocenters.